The molecule has 0 aromatic heterocycles. The molecule has 3 heteroatoms. The zero-order valence-corrected chi connectivity index (χ0v) is 11.1. The second-order valence-electron chi connectivity index (χ2n) is 5.01. The minimum atomic E-state index is 0.215. The van der Waals surface area contributed by atoms with Crippen molar-refractivity contribution in [1.82, 2.24) is 9.80 Å². The van der Waals surface area contributed by atoms with Crippen LogP contribution in [0.15, 0.2) is 0 Å². The molecule has 15 heavy (non-hydrogen) atoms. The molecule has 0 saturated carbocycles. The summed E-state index contributed by atoms with van der Waals surface area (Å²) in [5.41, 5.74) is 0. The molecule has 0 bridgehead atoms. The molecule has 0 fully saturated rings. The Bertz CT molecular complexity index is 190. The third kappa shape index (κ3) is 6.50. The molecule has 0 unspecified atom stereocenters. The van der Waals surface area contributed by atoms with Crippen molar-refractivity contribution in [3.8, 4) is 0 Å². The van der Waals surface area contributed by atoms with Gasteiger partial charge in [-0.1, -0.05) is 13.8 Å². The SMILES string of the molecule is CC(C)CCN(C)C(=O)CN(C)C(C)C. The van der Waals surface area contributed by atoms with Gasteiger partial charge < -0.3 is 4.90 Å². The van der Waals surface area contributed by atoms with Crippen LogP contribution in [0.4, 0.5) is 0 Å². The molecule has 0 spiro atoms. The first kappa shape index (κ1) is 14.4. The van der Waals surface area contributed by atoms with Gasteiger partial charge in [0.25, 0.3) is 0 Å². The van der Waals surface area contributed by atoms with Crippen molar-refractivity contribution < 1.29 is 4.79 Å². The van der Waals surface area contributed by atoms with E-state index in [4.69, 9.17) is 0 Å². The molecule has 0 rings (SSSR count). The van der Waals surface area contributed by atoms with Crippen LogP contribution >= 0.6 is 0 Å². The van der Waals surface area contributed by atoms with E-state index < -0.39 is 0 Å². The van der Waals surface area contributed by atoms with Crippen LogP contribution in [0, 0.1) is 5.92 Å². The van der Waals surface area contributed by atoms with Crippen molar-refractivity contribution in [3.63, 3.8) is 0 Å². The quantitative estimate of drug-likeness (QED) is 0.673. The van der Waals surface area contributed by atoms with E-state index >= 15 is 0 Å². The lowest BCUT2D eigenvalue weighted by molar-refractivity contribution is -0.131. The summed E-state index contributed by atoms with van der Waals surface area (Å²) in [4.78, 5) is 15.7. The first-order valence-corrected chi connectivity index (χ1v) is 5.78. The highest BCUT2D eigenvalue weighted by molar-refractivity contribution is 5.77. The fourth-order valence-electron chi connectivity index (χ4n) is 1.09. The summed E-state index contributed by atoms with van der Waals surface area (Å²) >= 11 is 0. The van der Waals surface area contributed by atoms with E-state index in [2.05, 4.69) is 32.6 Å². The summed E-state index contributed by atoms with van der Waals surface area (Å²) < 4.78 is 0. The molecule has 0 aliphatic rings. The summed E-state index contributed by atoms with van der Waals surface area (Å²) in [6.07, 6.45) is 1.08. The predicted octanol–water partition coefficient (Wildman–Crippen LogP) is 1.83. The van der Waals surface area contributed by atoms with Gasteiger partial charge in [-0.3, -0.25) is 9.69 Å². The van der Waals surface area contributed by atoms with Crippen molar-refractivity contribution in [3.05, 3.63) is 0 Å². The number of nitrogens with zero attached hydrogens (tertiary/aromatic N) is 2. The smallest absolute Gasteiger partial charge is 0.236 e. The summed E-state index contributed by atoms with van der Waals surface area (Å²) in [5, 5.41) is 0. The highest BCUT2D eigenvalue weighted by Crippen LogP contribution is 2.02. The van der Waals surface area contributed by atoms with Gasteiger partial charge in [0.1, 0.15) is 0 Å². The summed E-state index contributed by atoms with van der Waals surface area (Å²) in [5.74, 6) is 0.870. The largest absolute Gasteiger partial charge is 0.345 e. The molecular weight excluding hydrogens is 188 g/mol. The number of hydrogen-bond acceptors (Lipinski definition) is 2. The lowest BCUT2D eigenvalue weighted by atomic mass is 10.1. The molecule has 0 saturated heterocycles. The molecule has 0 aromatic rings. The number of carbonyl (C=O) groups excluding carboxylic acids is 1. The van der Waals surface area contributed by atoms with Crippen LogP contribution in [0.3, 0.4) is 0 Å². The second-order valence-corrected chi connectivity index (χ2v) is 5.01. The average molecular weight is 214 g/mol. The predicted molar refractivity (Wildman–Crippen MR) is 64.9 cm³/mol. The van der Waals surface area contributed by atoms with Crippen LogP contribution in [0.1, 0.15) is 34.1 Å². The van der Waals surface area contributed by atoms with Gasteiger partial charge in [0.15, 0.2) is 0 Å². The second kappa shape index (κ2) is 6.83. The van der Waals surface area contributed by atoms with Crippen LogP contribution in [0.5, 0.6) is 0 Å². The fraction of sp³-hybridized carbons (Fsp3) is 0.917. The molecule has 3 nitrogen and oxygen atoms in total. The first-order chi connectivity index (χ1) is 6.84. The maximum Gasteiger partial charge on any atom is 0.236 e. The zero-order valence-electron chi connectivity index (χ0n) is 11.1. The Morgan fingerprint density at radius 3 is 2.07 bits per heavy atom. The van der Waals surface area contributed by atoms with Gasteiger partial charge in [0.2, 0.25) is 5.91 Å². The topological polar surface area (TPSA) is 23.6 Å². The molecule has 0 aliphatic carbocycles. The Labute approximate surface area is 94.4 Å². The lowest BCUT2D eigenvalue weighted by Gasteiger charge is -2.24. The summed E-state index contributed by atoms with van der Waals surface area (Å²) in [7, 11) is 3.87. The number of hydrogen-bond donors (Lipinski definition) is 0. The number of likely N-dealkylation sites (N-methyl/N-ethyl adjacent to an activating group) is 2. The van der Waals surface area contributed by atoms with Gasteiger partial charge in [-0.05, 0) is 33.2 Å². The average Bonchev–Trinajstić information content (AvgIpc) is 2.13. The molecule has 0 atom stereocenters. The standard InChI is InChI=1S/C12H26N2O/c1-10(2)7-8-13(5)12(15)9-14(6)11(3)4/h10-11H,7-9H2,1-6H3. The molecular formula is C12H26N2O. The maximum absolute atomic E-state index is 11.8. The van der Waals surface area contributed by atoms with Crippen LogP contribution in [0.25, 0.3) is 0 Å². The monoisotopic (exact) mass is 214 g/mol. The number of amides is 1. The Morgan fingerprint density at radius 1 is 1.13 bits per heavy atom. The van der Waals surface area contributed by atoms with Gasteiger partial charge in [-0.15, -0.1) is 0 Å². The van der Waals surface area contributed by atoms with Crippen molar-refractivity contribution in [1.29, 1.82) is 0 Å². The van der Waals surface area contributed by atoms with E-state index in [0.29, 0.717) is 18.5 Å². The lowest BCUT2D eigenvalue weighted by Crippen LogP contribution is -2.39. The Kier molecular flexibility index (Phi) is 6.57. The minimum absolute atomic E-state index is 0.215. The van der Waals surface area contributed by atoms with Crippen molar-refractivity contribution in [2.75, 3.05) is 27.2 Å². The van der Waals surface area contributed by atoms with Crippen LogP contribution in [0.2, 0.25) is 0 Å². The van der Waals surface area contributed by atoms with Gasteiger partial charge in [0.05, 0.1) is 6.54 Å². The Balaban J connectivity index is 3.88. The van der Waals surface area contributed by atoms with Crippen molar-refractivity contribution in [2.45, 2.75) is 40.2 Å². The van der Waals surface area contributed by atoms with Crippen LogP contribution < -0.4 is 0 Å². The Hall–Kier alpha value is -0.570. The Morgan fingerprint density at radius 2 is 1.67 bits per heavy atom. The van der Waals surface area contributed by atoms with Crippen LogP contribution in [-0.2, 0) is 4.79 Å². The van der Waals surface area contributed by atoms with E-state index in [-0.39, 0.29) is 5.91 Å². The maximum atomic E-state index is 11.8. The van der Waals surface area contributed by atoms with Crippen molar-refractivity contribution in [2.24, 2.45) is 5.92 Å². The van der Waals surface area contributed by atoms with E-state index in [0.717, 1.165) is 13.0 Å². The van der Waals surface area contributed by atoms with Gasteiger partial charge >= 0.3 is 0 Å². The van der Waals surface area contributed by atoms with E-state index in [9.17, 15) is 4.79 Å². The van der Waals surface area contributed by atoms with Gasteiger partial charge in [0, 0.05) is 19.6 Å². The highest BCUT2D eigenvalue weighted by Gasteiger charge is 2.13. The zero-order chi connectivity index (χ0) is 12.0. The van der Waals surface area contributed by atoms with Crippen molar-refractivity contribution >= 4 is 5.91 Å². The van der Waals surface area contributed by atoms with Gasteiger partial charge in [-0.2, -0.15) is 0 Å². The molecule has 90 valence electrons. The third-order valence-corrected chi connectivity index (χ3v) is 2.73. The fourth-order valence-corrected chi connectivity index (χ4v) is 1.09. The summed E-state index contributed by atoms with van der Waals surface area (Å²) in [6, 6.07) is 0.424. The molecule has 0 aromatic carbocycles. The third-order valence-electron chi connectivity index (χ3n) is 2.73. The number of rotatable bonds is 6. The molecule has 0 N–H and O–H groups in total. The van der Waals surface area contributed by atoms with E-state index in [1.54, 1.807) is 0 Å². The van der Waals surface area contributed by atoms with Crippen LogP contribution in [-0.4, -0.2) is 48.9 Å². The van der Waals surface area contributed by atoms with E-state index in [1.807, 2.05) is 19.0 Å². The van der Waals surface area contributed by atoms with Gasteiger partial charge in [-0.25, -0.2) is 0 Å². The van der Waals surface area contributed by atoms with E-state index in [1.165, 1.54) is 0 Å². The molecule has 0 heterocycles. The number of carbonyl (C=O) groups is 1. The molecule has 0 radical (unpaired) electrons. The first-order valence-electron chi connectivity index (χ1n) is 5.78. The highest BCUT2D eigenvalue weighted by atomic mass is 16.2. The molecule has 0 aliphatic heterocycles. The summed E-state index contributed by atoms with van der Waals surface area (Å²) in [6.45, 7) is 9.94. The normalized spacial score (nSPS) is 11.5. The minimum Gasteiger partial charge on any atom is -0.345 e. The molecule has 1 amide bonds.